The molecule has 0 aromatic heterocycles. The summed E-state index contributed by atoms with van der Waals surface area (Å²) >= 11 is 0. The number of nitrogens with zero attached hydrogens (tertiary/aromatic N) is 2. The molecule has 0 atom stereocenters. The van der Waals surface area contributed by atoms with Crippen molar-refractivity contribution in [1.82, 2.24) is 4.90 Å². The fourth-order valence-corrected chi connectivity index (χ4v) is 3.50. The van der Waals surface area contributed by atoms with Crippen LogP contribution in [0.5, 0.6) is 17.2 Å². The van der Waals surface area contributed by atoms with Crippen LogP contribution in [-0.4, -0.2) is 37.5 Å². The van der Waals surface area contributed by atoms with Crippen LogP contribution in [0.1, 0.15) is 31.9 Å². The van der Waals surface area contributed by atoms with E-state index in [1.807, 2.05) is 12.1 Å². The Morgan fingerprint density at radius 3 is 2.29 bits per heavy atom. The quantitative estimate of drug-likeness (QED) is 0.425. The van der Waals surface area contributed by atoms with E-state index >= 15 is 0 Å². The zero-order valence-corrected chi connectivity index (χ0v) is 20.0. The molecule has 0 fully saturated rings. The molecule has 2 amide bonds. The highest BCUT2D eigenvalue weighted by Gasteiger charge is 2.35. The summed E-state index contributed by atoms with van der Waals surface area (Å²) in [4.78, 5) is 27.4. The minimum Gasteiger partial charge on any atom is -0.497 e. The van der Waals surface area contributed by atoms with Crippen LogP contribution in [0.15, 0.2) is 59.2 Å². The number of hydrogen-bond acceptors (Lipinski definition) is 6. The van der Waals surface area contributed by atoms with Crippen LogP contribution >= 0.6 is 0 Å². The van der Waals surface area contributed by atoms with Crippen LogP contribution in [0, 0.1) is 17.2 Å². The molecule has 7 heteroatoms. The number of rotatable bonds is 8. The van der Waals surface area contributed by atoms with Gasteiger partial charge >= 0.3 is 0 Å². The average molecular weight is 461 g/mol. The first-order valence-corrected chi connectivity index (χ1v) is 10.9. The Morgan fingerprint density at radius 2 is 1.71 bits per heavy atom. The van der Waals surface area contributed by atoms with Crippen LogP contribution in [0.25, 0.3) is 6.08 Å². The van der Waals surface area contributed by atoms with Gasteiger partial charge in [0, 0.05) is 5.57 Å². The van der Waals surface area contributed by atoms with Gasteiger partial charge in [-0.3, -0.25) is 14.5 Å². The molecule has 0 unspecified atom stereocenters. The van der Waals surface area contributed by atoms with E-state index in [2.05, 4.69) is 13.8 Å². The molecule has 0 saturated heterocycles. The van der Waals surface area contributed by atoms with Crippen molar-refractivity contribution >= 4 is 17.9 Å². The first-order chi connectivity index (χ1) is 16.3. The maximum Gasteiger partial charge on any atom is 0.271 e. The van der Waals surface area contributed by atoms with Crippen LogP contribution < -0.4 is 14.2 Å². The van der Waals surface area contributed by atoms with Gasteiger partial charge in [-0.05, 0) is 59.9 Å². The second kappa shape index (κ2) is 10.7. The van der Waals surface area contributed by atoms with Crippen LogP contribution in [-0.2, 0) is 16.1 Å². The van der Waals surface area contributed by atoms with Gasteiger partial charge in [-0.25, -0.2) is 0 Å². The summed E-state index contributed by atoms with van der Waals surface area (Å²) in [5.74, 6) is 1.10. The third-order valence-corrected chi connectivity index (χ3v) is 5.40. The molecule has 0 radical (unpaired) electrons. The predicted octanol–water partition coefficient (Wildman–Crippen LogP) is 4.53. The molecule has 0 bridgehead atoms. The first-order valence-electron chi connectivity index (χ1n) is 10.9. The molecule has 34 heavy (non-hydrogen) atoms. The summed E-state index contributed by atoms with van der Waals surface area (Å²) in [6, 6.07) is 14.4. The zero-order chi connectivity index (χ0) is 24.8. The molecule has 0 saturated carbocycles. The van der Waals surface area contributed by atoms with E-state index < -0.39 is 11.8 Å². The van der Waals surface area contributed by atoms with Crippen molar-refractivity contribution in [2.45, 2.75) is 27.3 Å². The number of methoxy groups -OCH3 is 2. The summed E-state index contributed by atoms with van der Waals surface area (Å²) < 4.78 is 16.4. The Morgan fingerprint density at radius 1 is 1.00 bits per heavy atom. The van der Waals surface area contributed by atoms with Gasteiger partial charge in [0.05, 0.1) is 27.4 Å². The van der Waals surface area contributed by atoms with Crippen molar-refractivity contribution in [3.63, 3.8) is 0 Å². The largest absolute Gasteiger partial charge is 0.497 e. The molecule has 0 spiro atoms. The molecule has 0 N–H and O–H groups in total. The molecular formula is C27H28N2O5. The number of carbonyl (C=O) groups excluding carboxylic acids is 2. The van der Waals surface area contributed by atoms with Gasteiger partial charge in [-0.1, -0.05) is 32.0 Å². The normalized spacial score (nSPS) is 15.1. The van der Waals surface area contributed by atoms with E-state index in [-0.39, 0.29) is 17.7 Å². The van der Waals surface area contributed by atoms with E-state index in [1.54, 1.807) is 63.6 Å². The van der Waals surface area contributed by atoms with E-state index in [0.29, 0.717) is 40.9 Å². The lowest BCUT2D eigenvalue weighted by molar-refractivity contribution is -0.141. The maximum absolute atomic E-state index is 13.4. The van der Waals surface area contributed by atoms with Crippen molar-refractivity contribution in [3.05, 3.63) is 70.3 Å². The minimum absolute atomic E-state index is 0.0444. The van der Waals surface area contributed by atoms with E-state index in [1.165, 1.54) is 0 Å². The second-order valence-electron chi connectivity index (χ2n) is 8.33. The molecule has 1 heterocycles. The fraction of sp³-hybridized carbons (Fsp3) is 0.296. The Kier molecular flexibility index (Phi) is 7.75. The summed E-state index contributed by atoms with van der Waals surface area (Å²) in [7, 11) is 3.11. The van der Waals surface area contributed by atoms with Crippen LogP contribution in [0.3, 0.4) is 0 Å². The lowest BCUT2D eigenvalue weighted by Gasteiger charge is -2.27. The van der Waals surface area contributed by atoms with E-state index in [4.69, 9.17) is 14.2 Å². The highest BCUT2D eigenvalue weighted by Crippen LogP contribution is 2.32. The van der Waals surface area contributed by atoms with Gasteiger partial charge in [0.2, 0.25) is 0 Å². The Bertz CT molecular complexity index is 1190. The minimum atomic E-state index is -0.604. The van der Waals surface area contributed by atoms with Gasteiger partial charge in [-0.15, -0.1) is 0 Å². The van der Waals surface area contributed by atoms with Crippen molar-refractivity contribution in [1.29, 1.82) is 5.26 Å². The van der Waals surface area contributed by atoms with Gasteiger partial charge in [0.25, 0.3) is 11.8 Å². The topological polar surface area (TPSA) is 88.9 Å². The number of nitriles is 1. The molecule has 7 nitrogen and oxygen atoms in total. The van der Waals surface area contributed by atoms with E-state index in [0.717, 1.165) is 10.5 Å². The van der Waals surface area contributed by atoms with Gasteiger partial charge < -0.3 is 14.2 Å². The predicted molar refractivity (Wildman–Crippen MR) is 128 cm³/mol. The highest BCUT2D eigenvalue weighted by atomic mass is 16.5. The molecule has 2 aromatic rings. The molecule has 0 aliphatic carbocycles. The highest BCUT2D eigenvalue weighted by molar-refractivity contribution is 6.19. The Labute approximate surface area is 199 Å². The first kappa shape index (κ1) is 24.6. The van der Waals surface area contributed by atoms with Gasteiger partial charge in [0.15, 0.2) is 11.5 Å². The summed E-state index contributed by atoms with van der Waals surface area (Å²) in [6.07, 6.45) is 1.66. The number of carbonyl (C=O) groups is 2. The average Bonchev–Trinajstić information content (AvgIpc) is 2.84. The van der Waals surface area contributed by atoms with Crippen molar-refractivity contribution in [2.24, 2.45) is 5.92 Å². The third kappa shape index (κ3) is 5.29. The molecule has 176 valence electrons. The Hall–Kier alpha value is -4.05. The summed E-state index contributed by atoms with van der Waals surface area (Å²) in [5.41, 5.74) is 2.01. The summed E-state index contributed by atoms with van der Waals surface area (Å²) in [5, 5.41) is 9.63. The Balaban J connectivity index is 1.97. The molecular weight excluding hydrogens is 432 g/mol. The van der Waals surface area contributed by atoms with Crippen LogP contribution in [0.2, 0.25) is 0 Å². The zero-order valence-electron chi connectivity index (χ0n) is 20.0. The molecule has 3 rings (SSSR count). The van der Waals surface area contributed by atoms with Gasteiger partial charge in [-0.2, -0.15) is 5.26 Å². The number of hydrogen-bond donors (Lipinski definition) is 0. The van der Waals surface area contributed by atoms with Gasteiger partial charge in [0.1, 0.15) is 17.4 Å². The summed E-state index contributed by atoms with van der Waals surface area (Å²) in [6.45, 7) is 6.32. The third-order valence-electron chi connectivity index (χ3n) is 5.40. The lowest BCUT2D eigenvalue weighted by atomic mass is 9.93. The standard InChI is InChI=1S/C27H28N2O5/c1-17(2)16-34-24-11-8-20(13-25(24)33-5)12-22-18(3)23(14-28)27(31)29(26(22)30)15-19-6-9-21(32-4)10-7-19/h6-13,17H,15-16H2,1-5H3/b22-12+. The smallest absolute Gasteiger partial charge is 0.271 e. The van der Waals surface area contributed by atoms with Crippen molar-refractivity contribution in [3.8, 4) is 23.3 Å². The van der Waals surface area contributed by atoms with Crippen molar-refractivity contribution < 1.29 is 23.8 Å². The molecule has 1 aliphatic rings. The lowest BCUT2D eigenvalue weighted by Crippen LogP contribution is -2.42. The monoisotopic (exact) mass is 460 g/mol. The van der Waals surface area contributed by atoms with Crippen LogP contribution in [0.4, 0.5) is 0 Å². The van der Waals surface area contributed by atoms with Crippen molar-refractivity contribution in [2.75, 3.05) is 20.8 Å². The second-order valence-corrected chi connectivity index (χ2v) is 8.33. The number of imide groups is 1. The number of benzene rings is 2. The molecule has 1 aliphatic heterocycles. The van der Waals surface area contributed by atoms with E-state index in [9.17, 15) is 14.9 Å². The number of ether oxygens (including phenoxy) is 3. The SMILES string of the molecule is COc1ccc(CN2C(=O)C(C#N)=C(C)/C(=C\c3ccc(OCC(C)C)c(OC)c3)C2=O)cc1. The maximum atomic E-state index is 13.4. The fourth-order valence-electron chi connectivity index (χ4n) is 3.50. The number of amides is 2. The molecule has 2 aromatic carbocycles.